The van der Waals surface area contributed by atoms with Gasteiger partial charge in [-0.15, -0.1) is 0 Å². The normalized spacial score (nSPS) is 13.9. The average Bonchev–Trinajstić information content (AvgIpc) is 1.97. The summed E-state index contributed by atoms with van der Waals surface area (Å²) in [5.41, 5.74) is 0. The van der Waals surface area contributed by atoms with Gasteiger partial charge in [-0.25, -0.2) is 8.78 Å². The van der Waals surface area contributed by atoms with Gasteiger partial charge in [-0.3, -0.25) is 0 Å². The minimum absolute atomic E-state index is 0.135. The summed E-state index contributed by atoms with van der Waals surface area (Å²) >= 11 is 0. The van der Waals surface area contributed by atoms with Gasteiger partial charge in [-0.05, 0) is 13.5 Å². The third kappa shape index (κ3) is 7.68. The molecule has 11 heavy (non-hydrogen) atoms. The molecule has 0 bridgehead atoms. The Bertz CT molecular complexity index is 90.5. The number of hydrogen-bond donors (Lipinski definition) is 1. The standard InChI is InChI=1S/C7H15F2NO/c1-3-10-4-6(2)11-5-7(8)9/h6-7,10H,3-5H2,1-2H3. The van der Waals surface area contributed by atoms with Crippen molar-refractivity contribution in [1.29, 1.82) is 0 Å². The zero-order valence-electron chi connectivity index (χ0n) is 6.94. The van der Waals surface area contributed by atoms with Gasteiger partial charge in [0, 0.05) is 6.54 Å². The Morgan fingerprint density at radius 1 is 1.45 bits per heavy atom. The number of alkyl halides is 2. The number of likely N-dealkylation sites (N-methyl/N-ethyl adjacent to an activating group) is 1. The van der Waals surface area contributed by atoms with Gasteiger partial charge in [0.2, 0.25) is 0 Å². The molecule has 0 aromatic heterocycles. The molecule has 2 nitrogen and oxygen atoms in total. The van der Waals surface area contributed by atoms with Crippen LogP contribution in [0.5, 0.6) is 0 Å². The van der Waals surface area contributed by atoms with Crippen molar-refractivity contribution in [3.63, 3.8) is 0 Å². The van der Waals surface area contributed by atoms with E-state index in [2.05, 4.69) is 5.32 Å². The van der Waals surface area contributed by atoms with Crippen molar-refractivity contribution in [3.8, 4) is 0 Å². The Balaban J connectivity index is 3.15. The second-order valence-corrected chi connectivity index (χ2v) is 2.34. The van der Waals surface area contributed by atoms with Crippen LogP contribution in [0, 0.1) is 0 Å². The van der Waals surface area contributed by atoms with E-state index in [1.807, 2.05) is 6.92 Å². The molecule has 0 aliphatic carbocycles. The zero-order chi connectivity index (χ0) is 8.69. The SMILES string of the molecule is CCNCC(C)OCC(F)F. The van der Waals surface area contributed by atoms with E-state index >= 15 is 0 Å². The number of halogens is 2. The summed E-state index contributed by atoms with van der Waals surface area (Å²) in [5.74, 6) is 0. The Labute approximate surface area is 65.9 Å². The minimum atomic E-state index is -2.36. The van der Waals surface area contributed by atoms with Gasteiger partial charge in [0.05, 0.1) is 6.10 Å². The Kier molecular flexibility index (Phi) is 6.36. The first-order valence-corrected chi connectivity index (χ1v) is 3.77. The highest BCUT2D eigenvalue weighted by Crippen LogP contribution is 1.96. The Morgan fingerprint density at radius 2 is 2.09 bits per heavy atom. The third-order valence-electron chi connectivity index (χ3n) is 1.19. The van der Waals surface area contributed by atoms with E-state index in [9.17, 15) is 8.78 Å². The van der Waals surface area contributed by atoms with E-state index in [-0.39, 0.29) is 6.10 Å². The van der Waals surface area contributed by atoms with Crippen LogP contribution in [0.25, 0.3) is 0 Å². The summed E-state index contributed by atoms with van der Waals surface area (Å²) in [6, 6.07) is 0. The van der Waals surface area contributed by atoms with Crippen molar-refractivity contribution in [2.24, 2.45) is 0 Å². The number of nitrogens with one attached hydrogen (secondary N) is 1. The van der Waals surface area contributed by atoms with Crippen LogP contribution in [-0.4, -0.2) is 32.2 Å². The fourth-order valence-corrected chi connectivity index (χ4v) is 0.644. The lowest BCUT2D eigenvalue weighted by Crippen LogP contribution is -2.27. The first-order valence-electron chi connectivity index (χ1n) is 3.77. The van der Waals surface area contributed by atoms with Crippen LogP contribution in [0.2, 0.25) is 0 Å². The summed E-state index contributed by atoms with van der Waals surface area (Å²) in [7, 11) is 0. The van der Waals surface area contributed by atoms with Gasteiger partial charge in [0.15, 0.2) is 0 Å². The molecule has 0 saturated carbocycles. The smallest absolute Gasteiger partial charge is 0.261 e. The molecule has 68 valence electrons. The van der Waals surface area contributed by atoms with E-state index in [1.165, 1.54) is 0 Å². The summed E-state index contributed by atoms with van der Waals surface area (Å²) in [6.07, 6.45) is -2.50. The molecule has 0 aliphatic heterocycles. The molecule has 0 amide bonds. The maximum atomic E-state index is 11.6. The van der Waals surface area contributed by atoms with Crippen molar-refractivity contribution in [3.05, 3.63) is 0 Å². The molecule has 0 aromatic rings. The van der Waals surface area contributed by atoms with Crippen molar-refractivity contribution in [2.45, 2.75) is 26.4 Å². The van der Waals surface area contributed by atoms with E-state index in [0.29, 0.717) is 6.54 Å². The maximum absolute atomic E-state index is 11.6. The van der Waals surface area contributed by atoms with Crippen LogP contribution in [0.1, 0.15) is 13.8 Å². The van der Waals surface area contributed by atoms with Crippen LogP contribution in [0.15, 0.2) is 0 Å². The van der Waals surface area contributed by atoms with Crippen LogP contribution in [-0.2, 0) is 4.74 Å². The molecule has 1 N–H and O–H groups in total. The minimum Gasteiger partial charge on any atom is -0.371 e. The molecule has 4 heteroatoms. The molecule has 0 aromatic carbocycles. The Morgan fingerprint density at radius 3 is 2.55 bits per heavy atom. The summed E-state index contributed by atoms with van der Waals surface area (Å²) in [4.78, 5) is 0. The predicted molar refractivity (Wildman–Crippen MR) is 40.0 cm³/mol. The van der Waals surface area contributed by atoms with Crippen LogP contribution in [0.4, 0.5) is 8.78 Å². The summed E-state index contributed by atoms with van der Waals surface area (Å²) < 4.78 is 27.9. The second kappa shape index (κ2) is 6.49. The van der Waals surface area contributed by atoms with E-state index in [0.717, 1.165) is 6.54 Å². The van der Waals surface area contributed by atoms with Gasteiger partial charge in [0.1, 0.15) is 6.61 Å². The molecule has 0 aliphatic rings. The molecule has 0 saturated heterocycles. The van der Waals surface area contributed by atoms with Gasteiger partial charge in [-0.1, -0.05) is 6.92 Å². The molecule has 0 radical (unpaired) electrons. The third-order valence-corrected chi connectivity index (χ3v) is 1.19. The summed E-state index contributed by atoms with van der Waals surface area (Å²) in [5, 5.41) is 3.00. The van der Waals surface area contributed by atoms with E-state index < -0.39 is 13.0 Å². The van der Waals surface area contributed by atoms with Crippen molar-refractivity contribution < 1.29 is 13.5 Å². The lowest BCUT2D eigenvalue weighted by molar-refractivity contribution is -0.0162. The quantitative estimate of drug-likeness (QED) is 0.643. The van der Waals surface area contributed by atoms with Crippen molar-refractivity contribution in [2.75, 3.05) is 19.7 Å². The fourth-order valence-electron chi connectivity index (χ4n) is 0.644. The van der Waals surface area contributed by atoms with Crippen LogP contribution in [0.3, 0.4) is 0 Å². The highest BCUT2D eigenvalue weighted by Gasteiger charge is 2.06. The van der Waals surface area contributed by atoms with Crippen LogP contribution >= 0.6 is 0 Å². The molecule has 0 rings (SSSR count). The number of rotatable bonds is 6. The molecular formula is C7H15F2NO. The predicted octanol–water partition coefficient (Wildman–Crippen LogP) is 1.27. The molecule has 1 atom stereocenters. The topological polar surface area (TPSA) is 21.3 Å². The molecule has 1 unspecified atom stereocenters. The van der Waals surface area contributed by atoms with Crippen molar-refractivity contribution in [1.82, 2.24) is 5.32 Å². The maximum Gasteiger partial charge on any atom is 0.261 e. The molecule has 0 fully saturated rings. The van der Waals surface area contributed by atoms with Gasteiger partial charge < -0.3 is 10.1 Å². The fraction of sp³-hybridized carbons (Fsp3) is 1.00. The highest BCUT2D eigenvalue weighted by molar-refractivity contribution is 4.53. The highest BCUT2D eigenvalue weighted by atomic mass is 19.3. The number of ether oxygens (including phenoxy) is 1. The molecule has 0 heterocycles. The lowest BCUT2D eigenvalue weighted by atomic mass is 10.4. The summed E-state index contributed by atoms with van der Waals surface area (Å²) in [6.45, 7) is 4.73. The first kappa shape index (κ1) is 10.8. The van der Waals surface area contributed by atoms with Crippen LogP contribution < -0.4 is 5.32 Å². The monoisotopic (exact) mass is 167 g/mol. The van der Waals surface area contributed by atoms with Gasteiger partial charge >= 0.3 is 0 Å². The first-order chi connectivity index (χ1) is 5.16. The number of hydrogen-bond acceptors (Lipinski definition) is 2. The Hall–Kier alpha value is -0.220. The van der Waals surface area contributed by atoms with Gasteiger partial charge in [-0.2, -0.15) is 0 Å². The molecule has 0 spiro atoms. The van der Waals surface area contributed by atoms with Crippen molar-refractivity contribution >= 4 is 0 Å². The van der Waals surface area contributed by atoms with E-state index in [1.54, 1.807) is 6.92 Å². The molecular weight excluding hydrogens is 152 g/mol. The zero-order valence-corrected chi connectivity index (χ0v) is 6.94. The average molecular weight is 167 g/mol. The van der Waals surface area contributed by atoms with Gasteiger partial charge in [0.25, 0.3) is 6.43 Å². The van der Waals surface area contributed by atoms with E-state index in [4.69, 9.17) is 4.74 Å². The largest absolute Gasteiger partial charge is 0.371 e. The second-order valence-electron chi connectivity index (χ2n) is 2.34. The lowest BCUT2D eigenvalue weighted by Gasteiger charge is -2.12.